The molecule has 1 aromatic heterocycles. The summed E-state index contributed by atoms with van der Waals surface area (Å²) in [6, 6.07) is 1.95. The van der Waals surface area contributed by atoms with Crippen molar-refractivity contribution in [3.8, 4) is 0 Å². The van der Waals surface area contributed by atoms with Crippen LogP contribution >= 0.6 is 0 Å². The van der Waals surface area contributed by atoms with Crippen molar-refractivity contribution in [3.05, 3.63) is 17.6 Å². The van der Waals surface area contributed by atoms with Crippen LogP contribution < -0.4 is 5.73 Å². The predicted molar refractivity (Wildman–Crippen MR) is 61.6 cm³/mol. The summed E-state index contributed by atoms with van der Waals surface area (Å²) in [5, 5.41) is 0. The number of nitrogens with zero attached hydrogens (tertiary/aromatic N) is 2. The highest BCUT2D eigenvalue weighted by molar-refractivity contribution is 5.31. The minimum atomic E-state index is 0.630. The number of hydrogen-bond donors (Lipinski definition) is 1. The smallest absolute Gasteiger partial charge is 0.130 e. The van der Waals surface area contributed by atoms with Crippen LogP contribution in [-0.4, -0.2) is 9.97 Å². The summed E-state index contributed by atoms with van der Waals surface area (Å²) in [5.74, 6) is 2.18. The fraction of sp³-hybridized carbons (Fsp3) is 0.667. The van der Waals surface area contributed by atoms with Gasteiger partial charge in [0.25, 0.3) is 0 Å². The van der Waals surface area contributed by atoms with E-state index in [9.17, 15) is 0 Å². The lowest BCUT2D eigenvalue weighted by Crippen LogP contribution is -2.05. The Balaban J connectivity index is 2.22. The third kappa shape index (κ3) is 2.46. The molecule has 1 saturated carbocycles. The van der Waals surface area contributed by atoms with Gasteiger partial charge in [-0.15, -0.1) is 0 Å². The highest BCUT2D eigenvalue weighted by Gasteiger charge is 2.19. The van der Waals surface area contributed by atoms with Crippen LogP contribution in [0.2, 0.25) is 0 Å². The van der Waals surface area contributed by atoms with Gasteiger partial charge in [-0.2, -0.15) is 0 Å². The van der Waals surface area contributed by atoms with E-state index in [4.69, 9.17) is 5.73 Å². The van der Waals surface area contributed by atoms with E-state index in [1.165, 1.54) is 31.4 Å². The normalized spacial score (nSPS) is 17.1. The second-order valence-electron chi connectivity index (χ2n) is 4.37. The zero-order chi connectivity index (χ0) is 10.7. The fourth-order valence-electron chi connectivity index (χ4n) is 2.31. The molecular formula is C12H19N3. The first-order valence-corrected chi connectivity index (χ1v) is 5.93. The van der Waals surface area contributed by atoms with Crippen LogP contribution in [0.15, 0.2) is 6.07 Å². The minimum absolute atomic E-state index is 0.630. The van der Waals surface area contributed by atoms with Crippen molar-refractivity contribution >= 4 is 5.82 Å². The van der Waals surface area contributed by atoms with Gasteiger partial charge in [0.05, 0.1) is 0 Å². The van der Waals surface area contributed by atoms with Crippen LogP contribution in [0.1, 0.15) is 56.5 Å². The summed E-state index contributed by atoms with van der Waals surface area (Å²) in [6.45, 7) is 2.14. The van der Waals surface area contributed by atoms with E-state index in [1.807, 2.05) is 6.07 Å². The Hall–Kier alpha value is -1.12. The maximum Gasteiger partial charge on any atom is 0.130 e. The number of rotatable bonds is 3. The van der Waals surface area contributed by atoms with Gasteiger partial charge in [0, 0.05) is 24.1 Å². The molecule has 3 heteroatoms. The highest BCUT2D eigenvalue weighted by atomic mass is 14.9. The summed E-state index contributed by atoms with van der Waals surface area (Å²) in [6.07, 6.45) is 7.21. The van der Waals surface area contributed by atoms with Gasteiger partial charge in [0.2, 0.25) is 0 Å². The first-order valence-electron chi connectivity index (χ1n) is 5.93. The van der Waals surface area contributed by atoms with Gasteiger partial charge in [-0.1, -0.05) is 19.8 Å². The largest absolute Gasteiger partial charge is 0.384 e. The molecule has 0 unspecified atom stereocenters. The molecule has 0 amide bonds. The van der Waals surface area contributed by atoms with Crippen molar-refractivity contribution < 1.29 is 0 Å². The van der Waals surface area contributed by atoms with E-state index in [0.29, 0.717) is 11.7 Å². The molecule has 3 nitrogen and oxygen atoms in total. The van der Waals surface area contributed by atoms with Gasteiger partial charge >= 0.3 is 0 Å². The van der Waals surface area contributed by atoms with Crippen LogP contribution in [0.25, 0.3) is 0 Å². The molecule has 0 saturated heterocycles. The lowest BCUT2D eigenvalue weighted by atomic mass is 10.0. The van der Waals surface area contributed by atoms with E-state index in [2.05, 4.69) is 16.9 Å². The van der Waals surface area contributed by atoms with E-state index in [1.54, 1.807) is 0 Å². The number of nitrogens with two attached hydrogens (primary N) is 1. The fourth-order valence-corrected chi connectivity index (χ4v) is 2.31. The molecule has 0 aromatic carbocycles. The van der Waals surface area contributed by atoms with E-state index in [-0.39, 0.29) is 0 Å². The third-order valence-corrected chi connectivity index (χ3v) is 3.06. The molecule has 15 heavy (non-hydrogen) atoms. The maximum absolute atomic E-state index is 5.81. The van der Waals surface area contributed by atoms with Gasteiger partial charge in [-0.05, 0) is 19.3 Å². The van der Waals surface area contributed by atoms with Gasteiger partial charge in [0.1, 0.15) is 11.6 Å². The number of aromatic nitrogens is 2. The Bertz CT molecular complexity index is 330. The molecule has 1 fully saturated rings. The molecule has 0 bridgehead atoms. The summed E-state index contributed by atoms with van der Waals surface area (Å²) < 4.78 is 0. The lowest BCUT2D eigenvalue weighted by Gasteiger charge is -2.10. The Morgan fingerprint density at radius 1 is 1.33 bits per heavy atom. The predicted octanol–water partition coefficient (Wildman–Crippen LogP) is 2.67. The van der Waals surface area contributed by atoms with E-state index < -0.39 is 0 Å². The average Bonchev–Trinajstić information content (AvgIpc) is 2.70. The Kier molecular flexibility index (Phi) is 3.19. The Morgan fingerprint density at radius 3 is 2.73 bits per heavy atom. The second-order valence-corrected chi connectivity index (χ2v) is 4.37. The van der Waals surface area contributed by atoms with Crippen molar-refractivity contribution in [2.75, 3.05) is 5.73 Å². The average molecular weight is 205 g/mol. The van der Waals surface area contributed by atoms with Gasteiger partial charge < -0.3 is 5.73 Å². The van der Waals surface area contributed by atoms with Crippen molar-refractivity contribution in [2.24, 2.45) is 0 Å². The minimum Gasteiger partial charge on any atom is -0.384 e. The molecule has 0 radical (unpaired) electrons. The summed E-state index contributed by atoms with van der Waals surface area (Å²) in [7, 11) is 0. The number of nitrogen functional groups attached to an aromatic ring is 1. The van der Waals surface area contributed by atoms with Crippen LogP contribution in [-0.2, 0) is 6.42 Å². The topological polar surface area (TPSA) is 51.8 Å². The van der Waals surface area contributed by atoms with Gasteiger partial charge in [-0.3, -0.25) is 0 Å². The standard InChI is InChI=1S/C12H19N3/c1-2-5-12-14-10(8-11(13)15-12)9-6-3-4-7-9/h8-9H,2-7H2,1H3,(H2,13,14,15). The zero-order valence-corrected chi connectivity index (χ0v) is 9.37. The Labute approximate surface area is 91.1 Å². The monoisotopic (exact) mass is 205 g/mol. The molecule has 1 aromatic rings. The number of aryl methyl sites for hydroxylation is 1. The molecule has 1 aliphatic rings. The number of anilines is 1. The van der Waals surface area contributed by atoms with E-state index >= 15 is 0 Å². The first kappa shape index (κ1) is 10.4. The maximum atomic E-state index is 5.81. The van der Waals surface area contributed by atoms with E-state index in [0.717, 1.165) is 18.7 Å². The van der Waals surface area contributed by atoms with Gasteiger partial charge in [0.15, 0.2) is 0 Å². The molecule has 1 aliphatic carbocycles. The molecule has 0 aliphatic heterocycles. The first-order chi connectivity index (χ1) is 7.29. The molecule has 2 rings (SSSR count). The van der Waals surface area contributed by atoms with Crippen LogP contribution in [0.3, 0.4) is 0 Å². The summed E-state index contributed by atoms with van der Waals surface area (Å²) >= 11 is 0. The Morgan fingerprint density at radius 2 is 2.07 bits per heavy atom. The van der Waals surface area contributed by atoms with Crippen molar-refractivity contribution in [1.82, 2.24) is 9.97 Å². The molecule has 0 atom stereocenters. The van der Waals surface area contributed by atoms with Crippen molar-refractivity contribution in [1.29, 1.82) is 0 Å². The second kappa shape index (κ2) is 4.60. The molecule has 2 N–H and O–H groups in total. The quantitative estimate of drug-likeness (QED) is 0.825. The number of hydrogen-bond acceptors (Lipinski definition) is 3. The highest BCUT2D eigenvalue weighted by Crippen LogP contribution is 2.33. The lowest BCUT2D eigenvalue weighted by molar-refractivity contribution is 0.681. The SMILES string of the molecule is CCCc1nc(N)cc(C2CCCC2)n1. The summed E-state index contributed by atoms with van der Waals surface area (Å²) in [4.78, 5) is 8.88. The molecule has 82 valence electrons. The van der Waals surface area contributed by atoms with Crippen LogP contribution in [0.4, 0.5) is 5.82 Å². The van der Waals surface area contributed by atoms with Gasteiger partial charge in [-0.25, -0.2) is 9.97 Å². The molecular weight excluding hydrogens is 186 g/mol. The van der Waals surface area contributed by atoms with Crippen LogP contribution in [0.5, 0.6) is 0 Å². The van der Waals surface area contributed by atoms with Crippen molar-refractivity contribution in [3.63, 3.8) is 0 Å². The summed E-state index contributed by atoms with van der Waals surface area (Å²) in [5.41, 5.74) is 6.98. The molecule has 1 heterocycles. The third-order valence-electron chi connectivity index (χ3n) is 3.06. The van der Waals surface area contributed by atoms with Crippen LogP contribution in [0, 0.1) is 0 Å². The zero-order valence-electron chi connectivity index (χ0n) is 9.37. The van der Waals surface area contributed by atoms with Crippen molar-refractivity contribution in [2.45, 2.75) is 51.4 Å². The molecule has 0 spiro atoms.